The molecule has 11 heteroatoms. The monoisotopic (exact) mass is 502 g/mol. The standard InChI is InChI=1S/C26H30N8O3/c1-17-2-9-24(35)34(31-17)15-18-3-8-22(27)21(14-18)25(29)23(28)16-33(30)20-6-4-19(5-7-20)26(36)32-10-12-37-13-11-32/h2-9,14,16,29H,10-13,15,27-28,30H2,1H3/b23-16-,29-25?. The zero-order valence-corrected chi connectivity index (χ0v) is 20.6. The number of ether oxygens (including phenoxy) is 1. The second kappa shape index (κ2) is 11.1. The average molecular weight is 503 g/mol. The quantitative estimate of drug-likeness (QED) is 0.162. The van der Waals surface area contributed by atoms with Gasteiger partial charge < -0.3 is 21.1 Å². The Hall–Kier alpha value is -4.48. The van der Waals surface area contributed by atoms with E-state index in [0.29, 0.717) is 48.8 Å². The summed E-state index contributed by atoms with van der Waals surface area (Å²) in [6, 6.07) is 15.1. The summed E-state index contributed by atoms with van der Waals surface area (Å²) in [6.07, 6.45) is 1.42. The molecule has 1 aromatic heterocycles. The van der Waals surface area contributed by atoms with E-state index in [-0.39, 0.29) is 29.4 Å². The largest absolute Gasteiger partial charge is 0.398 e. The molecule has 7 N–H and O–H groups in total. The number of carbonyl (C=O) groups excluding carboxylic acids is 1. The number of carbonyl (C=O) groups is 1. The number of nitrogen functional groups attached to an aromatic ring is 1. The van der Waals surface area contributed by atoms with Crippen LogP contribution >= 0.6 is 0 Å². The number of nitrogens with zero attached hydrogens (tertiary/aromatic N) is 4. The minimum atomic E-state index is -0.227. The molecule has 1 aliphatic rings. The molecule has 1 fully saturated rings. The van der Waals surface area contributed by atoms with E-state index in [1.165, 1.54) is 22.0 Å². The van der Waals surface area contributed by atoms with Crippen LogP contribution in [0.2, 0.25) is 0 Å². The first-order valence-electron chi connectivity index (χ1n) is 11.7. The Morgan fingerprint density at radius 3 is 2.54 bits per heavy atom. The summed E-state index contributed by atoms with van der Waals surface area (Å²) in [4.78, 5) is 26.5. The van der Waals surface area contributed by atoms with Gasteiger partial charge in [0.05, 0.1) is 42.5 Å². The molecule has 192 valence electrons. The van der Waals surface area contributed by atoms with Gasteiger partial charge in [-0.1, -0.05) is 6.07 Å². The Morgan fingerprint density at radius 1 is 1.14 bits per heavy atom. The van der Waals surface area contributed by atoms with Crippen molar-refractivity contribution in [1.82, 2.24) is 14.7 Å². The molecule has 1 aliphatic heterocycles. The second-order valence-electron chi connectivity index (χ2n) is 8.71. The van der Waals surface area contributed by atoms with Crippen LogP contribution in [0.4, 0.5) is 11.4 Å². The van der Waals surface area contributed by atoms with Gasteiger partial charge in [0, 0.05) is 42.2 Å². The molecule has 2 heterocycles. The lowest BCUT2D eigenvalue weighted by molar-refractivity contribution is 0.0303. The number of morpholine rings is 1. The van der Waals surface area contributed by atoms with Crippen LogP contribution in [0.5, 0.6) is 0 Å². The van der Waals surface area contributed by atoms with Crippen molar-refractivity contribution in [3.8, 4) is 0 Å². The first-order chi connectivity index (χ1) is 17.7. The smallest absolute Gasteiger partial charge is 0.267 e. The lowest BCUT2D eigenvalue weighted by Gasteiger charge is -2.27. The van der Waals surface area contributed by atoms with Crippen molar-refractivity contribution >= 4 is 23.0 Å². The fraction of sp³-hybridized carbons (Fsp3) is 0.231. The molecule has 0 aliphatic carbocycles. The van der Waals surface area contributed by atoms with Gasteiger partial charge in [0.25, 0.3) is 11.5 Å². The predicted octanol–water partition coefficient (Wildman–Crippen LogP) is 1.20. The summed E-state index contributed by atoms with van der Waals surface area (Å²) in [5.41, 5.74) is 15.5. The van der Waals surface area contributed by atoms with Crippen molar-refractivity contribution in [2.75, 3.05) is 37.0 Å². The van der Waals surface area contributed by atoms with Crippen LogP contribution in [0.25, 0.3) is 0 Å². The van der Waals surface area contributed by atoms with Crippen molar-refractivity contribution in [1.29, 1.82) is 5.41 Å². The molecule has 3 aromatic rings. The number of rotatable bonds is 7. The van der Waals surface area contributed by atoms with E-state index in [1.54, 1.807) is 60.4 Å². The van der Waals surface area contributed by atoms with Crippen molar-refractivity contribution < 1.29 is 9.53 Å². The molecule has 11 nitrogen and oxygen atoms in total. The number of hydrazine groups is 1. The number of nitrogens with one attached hydrogen (secondary N) is 1. The Morgan fingerprint density at radius 2 is 1.84 bits per heavy atom. The highest BCUT2D eigenvalue weighted by Crippen LogP contribution is 2.19. The Bertz CT molecular complexity index is 1390. The highest BCUT2D eigenvalue weighted by Gasteiger charge is 2.18. The molecule has 0 saturated carbocycles. The van der Waals surface area contributed by atoms with Crippen molar-refractivity contribution in [3.63, 3.8) is 0 Å². The summed E-state index contributed by atoms with van der Waals surface area (Å²) >= 11 is 0. The molecule has 1 amide bonds. The molecular weight excluding hydrogens is 472 g/mol. The zero-order valence-electron chi connectivity index (χ0n) is 20.6. The minimum Gasteiger partial charge on any atom is -0.398 e. The maximum Gasteiger partial charge on any atom is 0.267 e. The van der Waals surface area contributed by atoms with Gasteiger partial charge in [-0.05, 0) is 55.0 Å². The number of aryl methyl sites for hydroxylation is 1. The number of anilines is 2. The molecule has 0 unspecified atom stereocenters. The van der Waals surface area contributed by atoms with Gasteiger partial charge in [-0.15, -0.1) is 0 Å². The summed E-state index contributed by atoms with van der Waals surface area (Å²) in [6.45, 7) is 4.22. The van der Waals surface area contributed by atoms with Crippen molar-refractivity contribution in [3.05, 3.63) is 99.2 Å². The van der Waals surface area contributed by atoms with E-state index < -0.39 is 0 Å². The topological polar surface area (TPSA) is 170 Å². The Labute approximate surface area is 214 Å². The molecule has 0 bridgehead atoms. The van der Waals surface area contributed by atoms with E-state index in [4.69, 9.17) is 27.5 Å². The van der Waals surface area contributed by atoms with E-state index in [0.717, 1.165) is 11.3 Å². The lowest BCUT2D eigenvalue weighted by atomic mass is 10.0. The first kappa shape index (κ1) is 25.6. The van der Waals surface area contributed by atoms with Crippen LogP contribution < -0.4 is 27.9 Å². The number of hydrogen-bond donors (Lipinski definition) is 4. The van der Waals surface area contributed by atoms with Crippen LogP contribution in [0, 0.1) is 12.3 Å². The first-order valence-corrected chi connectivity index (χ1v) is 11.7. The minimum absolute atomic E-state index is 0.0153. The average Bonchev–Trinajstić information content (AvgIpc) is 2.91. The number of allylic oxidation sites excluding steroid dienone is 1. The molecule has 4 rings (SSSR count). The molecule has 37 heavy (non-hydrogen) atoms. The maximum atomic E-state index is 12.6. The third-order valence-electron chi connectivity index (χ3n) is 6.00. The summed E-state index contributed by atoms with van der Waals surface area (Å²) in [5, 5.41) is 14.1. The van der Waals surface area contributed by atoms with Crippen LogP contribution in [-0.4, -0.2) is 52.6 Å². The summed E-state index contributed by atoms with van der Waals surface area (Å²) < 4.78 is 6.65. The number of nitrogens with two attached hydrogens (primary N) is 3. The van der Waals surface area contributed by atoms with Gasteiger partial charge in [-0.3, -0.25) is 20.0 Å². The Kier molecular flexibility index (Phi) is 7.66. The highest BCUT2D eigenvalue weighted by molar-refractivity contribution is 6.13. The molecule has 1 saturated heterocycles. The molecule has 2 aromatic carbocycles. The Balaban J connectivity index is 1.48. The van der Waals surface area contributed by atoms with Crippen LogP contribution in [0.3, 0.4) is 0 Å². The molecule has 0 spiro atoms. The van der Waals surface area contributed by atoms with E-state index >= 15 is 0 Å². The highest BCUT2D eigenvalue weighted by atomic mass is 16.5. The SMILES string of the molecule is Cc1ccc(=O)n(Cc2ccc(N)c(C(=N)/C(N)=C/N(N)c3ccc(C(=O)N4CCOCC4)cc3)c2)n1. The third kappa shape index (κ3) is 6.02. The van der Waals surface area contributed by atoms with Crippen LogP contribution in [-0.2, 0) is 11.3 Å². The van der Waals surface area contributed by atoms with Gasteiger partial charge in [-0.25, -0.2) is 10.5 Å². The normalized spacial score (nSPS) is 13.9. The van der Waals surface area contributed by atoms with Gasteiger partial charge in [0.1, 0.15) is 0 Å². The summed E-state index contributed by atoms with van der Waals surface area (Å²) in [5.74, 6) is 6.11. The molecular formula is C26H30N8O3. The fourth-order valence-electron chi connectivity index (χ4n) is 3.93. The number of amides is 1. The fourth-order valence-corrected chi connectivity index (χ4v) is 3.93. The predicted molar refractivity (Wildman–Crippen MR) is 142 cm³/mol. The van der Waals surface area contributed by atoms with Gasteiger partial charge in [-0.2, -0.15) is 5.10 Å². The van der Waals surface area contributed by atoms with Gasteiger partial charge in [0.15, 0.2) is 0 Å². The number of benzene rings is 2. The summed E-state index contributed by atoms with van der Waals surface area (Å²) in [7, 11) is 0. The van der Waals surface area contributed by atoms with Crippen molar-refractivity contribution in [2.45, 2.75) is 13.5 Å². The lowest BCUT2D eigenvalue weighted by Crippen LogP contribution is -2.40. The van der Waals surface area contributed by atoms with E-state index in [1.807, 2.05) is 0 Å². The maximum absolute atomic E-state index is 12.6. The van der Waals surface area contributed by atoms with Crippen LogP contribution in [0.1, 0.15) is 27.2 Å². The van der Waals surface area contributed by atoms with Crippen LogP contribution in [0.15, 0.2) is 71.3 Å². The van der Waals surface area contributed by atoms with E-state index in [2.05, 4.69) is 5.10 Å². The number of aromatic nitrogens is 2. The zero-order chi connectivity index (χ0) is 26.5. The third-order valence-corrected chi connectivity index (χ3v) is 6.00. The second-order valence-corrected chi connectivity index (χ2v) is 8.71. The van der Waals surface area contributed by atoms with E-state index in [9.17, 15) is 9.59 Å². The van der Waals surface area contributed by atoms with Crippen molar-refractivity contribution in [2.24, 2.45) is 11.6 Å². The number of hydrogen-bond acceptors (Lipinski definition) is 9. The van der Waals surface area contributed by atoms with Gasteiger partial charge in [0.2, 0.25) is 0 Å². The molecule has 0 radical (unpaired) electrons. The molecule has 0 atom stereocenters. The van der Waals surface area contributed by atoms with Gasteiger partial charge >= 0.3 is 0 Å².